The lowest BCUT2D eigenvalue weighted by molar-refractivity contribution is 0.0535. The summed E-state index contributed by atoms with van der Waals surface area (Å²) in [6.07, 6.45) is 0. The van der Waals surface area contributed by atoms with Crippen molar-refractivity contribution in [2.75, 3.05) is 0 Å². The van der Waals surface area contributed by atoms with Crippen LogP contribution >= 0.6 is 11.6 Å². The molecule has 3 nitrogen and oxygen atoms in total. The fourth-order valence-electron chi connectivity index (χ4n) is 1.16. The molecule has 0 atom stereocenters. The molecule has 0 aromatic heterocycles. The monoisotopic (exact) mass is 184 g/mol. The van der Waals surface area contributed by atoms with Crippen molar-refractivity contribution in [3.05, 3.63) is 28.3 Å². The highest BCUT2D eigenvalue weighted by Gasteiger charge is 2.24. The Morgan fingerprint density at radius 2 is 2.25 bits per heavy atom. The molecule has 0 aliphatic carbocycles. The minimum absolute atomic E-state index is 0.0197. The van der Waals surface area contributed by atoms with Crippen LogP contribution in [0.4, 0.5) is 0 Å². The molecule has 0 radical (unpaired) electrons. The van der Waals surface area contributed by atoms with Crippen molar-refractivity contribution in [2.45, 2.75) is 6.61 Å². The van der Waals surface area contributed by atoms with Crippen molar-refractivity contribution in [2.24, 2.45) is 0 Å². The molecule has 1 aromatic rings. The van der Waals surface area contributed by atoms with Gasteiger partial charge in [-0.25, -0.2) is 4.79 Å². The number of carbonyl (C=O) groups excluding carboxylic acids is 1. The minimum Gasteiger partial charge on any atom is -0.506 e. The highest BCUT2D eigenvalue weighted by Crippen LogP contribution is 2.33. The molecule has 12 heavy (non-hydrogen) atoms. The number of hydrogen-bond donors (Lipinski definition) is 1. The first-order chi connectivity index (χ1) is 5.70. The summed E-state index contributed by atoms with van der Waals surface area (Å²) in [5, 5.41) is 9.38. The predicted octanol–water partition coefficient (Wildman–Crippen LogP) is 1.72. The number of esters is 1. The van der Waals surface area contributed by atoms with Crippen LogP contribution in [0, 0.1) is 0 Å². The van der Waals surface area contributed by atoms with E-state index in [4.69, 9.17) is 16.3 Å². The molecule has 0 unspecified atom stereocenters. The number of hydrogen-bond acceptors (Lipinski definition) is 3. The molecule has 1 aliphatic rings. The van der Waals surface area contributed by atoms with Crippen molar-refractivity contribution in [3.8, 4) is 5.75 Å². The van der Waals surface area contributed by atoms with Crippen molar-refractivity contribution >= 4 is 17.6 Å². The highest BCUT2D eigenvalue weighted by molar-refractivity contribution is 6.33. The van der Waals surface area contributed by atoms with E-state index >= 15 is 0 Å². The Morgan fingerprint density at radius 3 is 3.00 bits per heavy atom. The van der Waals surface area contributed by atoms with Crippen LogP contribution in [0.15, 0.2) is 12.1 Å². The summed E-state index contributed by atoms with van der Waals surface area (Å²) in [7, 11) is 0. The Kier molecular flexibility index (Phi) is 1.48. The Bertz CT molecular complexity index is 360. The van der Waals surface area contributed by atoms with E-state index in [2.05, 4.69) is 0 Å². The third-order valence-electron chi connectivity index (χ3n) is 1.79. The van der Waals surface area contributed by atoms with Crippen LogP contribution in [-0.4, -0.2) is 11.1 Å². The number of phenolic OH excluding ortho intramolecular Hbond substituents is 1. The smallest absolute Gasteiger partial charge is 0.338 e. The summed E-state index contributed by atoms with van der Waals surface area (Å²) >= 11 is 5.72. The highest BCUT2D eigenvalue weighted by atomic mass is 35.5. The number of benzene rings is 1. The van der Waals surface area contributed by atoms with Crippen molar-refractivity contribution < 1.29 is 14.6 Å². The van der Waals surface area contributed by atoms with E-state index in [1.54, 1.807) is 0 Å². The van der Waals surface area contributed by atoms with Gasteiger partial charge in [0.1, 0.15) is 12.4 Å². The zero-order chi connectivity index (χ0) is 8.72. The number of ether oxygens (including phenoxy) is 1. The molecule has 0 spiro atoms. The van der Waals surface area contributed by atoms with Crippen LogP contribution < -0.4 is 0 Å². The van der Waals surface area contributed by atoms with Gasteiger partial charge >= 0.3 is 5.97 Å². The lowest BCUT2D eigenvalue weighted by atomic mass is 10.1. The zero-order valence-electron chi connectivity index (χ0n) is 6.00. The van der Waals surface area contributed by atoms with Crippen LogP contribution in [0.3, 0.4) is 0 Å². The first kappa shape index (κ1) is 7.43. The predicted molar refractivity (Wildman–Crippen MR) is 42.2 cm³/mol. The van der Waals surface area contributed by atoms with Gasteiger partial charge in [-0.05, 0) is 12.1 Å². The zero-order valence-corrected chi connectivity index (χ0v) is 6.76. The summed E-state index contributed by atoms with van der Waals surface area (Å²) in [6, 6.07) is 2.89. The van der Waals surface area contributed by atoms with Crippen LogP contribution in [0.2, 0.25) is 5.02 Å². The average molecular weight is 185 g/mol. The summed E-state index contributed by atoms with van der Waals surface area (Å²) in [5.41, 5.74) is 1.01. The summed E-state index contributed by atoms with van der Waals surface area (Å²) < 4.78 is 4.72. The van der Waals surface area contributed by atoms with Gasteiger partial charge in [-0.2, -0.15) is 0 Å². The largest absolute Gasteiger partial charge is 0.506 e. The van der Waals surface area contributed by atoms with Crippen LogP contribution in [-0.2, 0) is 11.3 Å². The molecule has 0 saturated heterocycles. The van der Waals surface area contributed by atoms with Gasteiger partial charge in [0.15, 0.2) is 0 Å². The standard InChI is InChI=1S/C8H5ClO3/c9-7-5-3-12-8(11)4(5)1-2-6(7)10/h1-2,10H,3H2. The Morgan fingerprint density at radius 1 is 1.50 bits per heavy atom. The Balaban J connectivity index is 2.68. The van der Waals surface area contributed by atoms with Gasteiger partial charge in [0, 0.05) is 5.56 Å². The second-order valence-corrected chi connectivity index (χ2v) is 2.88. The lowest BCUT2D eigenvalue weighted by Gasteiger charge is -1.99. The first-order valence-corrected chi connectivity index (χ1v) is 3.75. The molecule has 1 heterocycles. The van der Waals surface area contributed by atoms with Crippen LogP contribution in [0.5, 0.6) is 5.75 Å². The SMILES string of the molecule is O=C1OCc2c1ccc(O)c2Cl. The molecule has 0 fully saturated rings. The molecular weight excluding hydrogens is 180 g/mol. The number of rotatable bonds is 0. The summed E-state index contributed by atoms with van der Waals surface area (Å²) in [4.78, 5) is 11.0. The van der Waals surface area contributed by atoms with Crippen molar-refractivity contribution in [1.82, 2.24) is 0 Å². The summed E-state index contributed by atoms with van der Waals surface area (Å²) in [6.45, 7) is 0.154. The molecule has 2 rings (SSSR count). The number of fused-ring (bicyclic) bond motifs is 1. The van der Waals surface area contributed by atoms with E-state index in [9.17, 15) is 9.90 Å². The van der Waals surface area contributed by atoms with E-state index in [1.165, 1.54) is 12.1 Å². The Hall–Kier alpha value is -1.22. The molecule has 0 bridgehead atoms. The van der Waals surface area contributed by atoms with E-state index in [-0.39, 0.29) is 23.3 Å². The molecule has 0 amide bonds. The fraction of sp³-hybridized carbons (Fsp3) is 0.125. The number of phenols is 1. The number of halogens is 1. The fourth-order valence-corrected chi connectivity index (χ4v) is 1.38. The van der Waals surface area contributed by atoms with Gasteiger partial charge in [0.05, 0.1) is 10.6 Å². The van der Waals surface area contributed by atoms with E-state index in [0.29, 0.717) is 11.1 Å². The van der Waals surface area contributed by atoms with E-state index in [1.807, 2.05) is 0 Å². The molecule has 1 aliphatic heterocycles. The number of cyclic esters (lactones) is 1. The molecule has 0 saturated carbocycles. The van der Waals surface area contributed by atoms with Gasteiger partial charge in [0.25, 0.3) is 0 Å². The molecule has 1 N–H and O–H groups in total. The van der Waals surface area contributed by atoms with Crippen molar-refractivity contribution in [1.29, 1.82) is 0 Å². The van der Waals surface area contributed by atoms with Gasteiger partial charge < -0.3 is 9.84 Å². The third-order valence-corrected chi connectivity index (χ3v) is 2.21. The van der Waals surface area contributed by atoms with Gasteiger partial charge in [-0.15, -0.1) is 0 Å². The topological polar surface area (TPSA) is 46.5 Å². The third kappa shape index (κ3) is 0.865. The quantitative estimate of drug-likeness (QED) is 0.625. The first-order valence-electron chi connectivity index (χ1n) is 3.37. The van der Waals surface area contributed by atoms with Gasteiger partial charge in [0.2, 0.25) is 0 Å². The van der Waals surface area contributed by atoms with Gasteiger partial charge in [-0.1, -0.05) is 11.6 Å². The number of aromatic hydroxyl groups is 1. The minimum atomic E-state index is -0.382. The second-order valence-electron chi connectivity index (χ2n) is 2.50. The normalized spacial score (nSPS) is 14.2. The Labute approximate surface area is 73.5 Å². The molecule has 62 valence electrons. The van der Waals surface area contributed by atoms with Crippen LogP contribution in [0.1, 0.15) is 15.9 Å². The average Bonchev–Trinajstić information content (AvgIpc) is 2.41. The van der Waals surface area contributed by atoms with E-state index in [0.717, 1.165) is 0 Å². The van der Waals surface area contributed by atoms with E-state index < -0.39 is 0 Å². The maximum Gasteiger partial charge on any atom is 0.338 e. The molecule has 1 aromatic carbocycles. The lowest BCUT2D eigenvalue weighted by Crippen LogP contribution is -1.92. The van der Waals surface area contributed by atoms with Crippen LogP contribution in [0.25, 0.3) is 0 Å². The van der Waals surface area contributed by atoms with Gasteiger partial charge in [-0.3, -0.25) is 0 Å². The number of carbonyl (C=O) groups is 1. The molecule has 4 heteroatoms. The maximum absolute atomic E-state index is 11.0. The molecular formula is C8H5ClO3. The van der Waals surface area contributed by atoms with Crippen molar-refractivity contribution in [3.63, 3.8) is 0 Å². The maximum atomic E-state index is 11.0. The second kappa shape index (κ2) is 2.38. The summed E-state index contributed by atoms with van der Waals surface area (Å²) in [5.74, 6) is -0.402.